The SMILES string of the molecule is COC1(C)CCN(C2=C(C#N)C(=O)Cc3c(F)cc(C(C)(C)O)cc32)CC1. The lowest BCUT2D eigenvalue weighted by Crippen LogP contribution is -2.44. The molecule has 0 spiro atoms. The second-order valence-electron chi connectivity index (χ2n) is 8.12. The van der Waals surface area contributed by atoms with Gasteiger partial charge in [0.1, 0.15) is 17.5 Å². The average molecular weight is 372 g/mol. The van der Waals surface area contributed by atoms with Crippen molar-refractivity contribution in [1.82, 2.24) is 4.90 Å². The number of halogens is 1. The molecule has 0 radical (unpaired) electrons. The summed E-state index contributed by atoms with van der Waals surface area (Å²) in [5, 5.41) is 20.0. The van der Waals surface area contributed by atoms with Gasteiger partial charge in [-0.05, 0) is 51.3 Å². The predicted octanol–water partition coefficient (Wildman–Crippen LogP) is 2.91. The van der Waals surface area contributed by atoms with Gasteiger partial charge in [-0.15, -0.1) is 0 Å². The van der Waals surface area contributed by atoms with Gasteiger partial charge >= 0.3 is 0 Å². The number of nitrogens with zero attached hydrogens (tertiary/aromatic N) is 2. The molecular weight excluding hydrogens is 347 g/mol. The molecule has 1 heterocycles. The van der Waals surface area contributed by atoms with E-state index < -0.39 is 11.4 Å². The number of ether oxygens (including phenoxy) is 1. The van der Waals surface area contributed by atoms with Crippen LogP contribution in [-0.4, -0.2) is 41.6 Å². The summed E-state index contributed by atoms with van der Waals surface area (Å²) in [7, 11) is 1.68. The number of piperidine rings is 1. The van der Waals surface area contributed by atoms with Crippen molar-refractivity contribution in [2.24, 2.45) is 0 Å². The first kappa shape index (κ1) is 19.5. The van der Waals surface area contributed by atoms with E-state index in [-0.39, 0.29) is 23.4 Å². The Kier molecular flexibility index (Phi) is 4.87. The van der Waals surface area contributed by atoms with Gasteiger partial charge in [0.05, 0.1) is 16.9 Å². The number of methoxy groups -OCH3 is 1. The molecule has 2 aliphatic rings. The van der Waals surface area contributed by atoms with Gasteiger partial charge in [-0.3, -0.25) is 4.79 Å². The van der Waals surface area contributed by atoms with E-state index in [4.69, 9.17) is 4.74 Å². The molecule has 3 rings (SSSR count). The highest BCUT2D eigenvalue weighted by Crippen LogP contribution is 2.39. The fourth-order valence-corrected chi connectivity index (χ4v) is 3.75. The van der Waals surface area contributed by atoms with E-state index in [0.29, 0.717) is 35.5 Å². The van der Waals surface area contributed by atoms with Crippen molar-refractivity contribution in [1.29, 1.82) is 5.26 Å². The van der Waals surface area contributed by atoms with Gasteiger partial charge in [-0.25, -0.2) is 4.39 Å². The van der Waals surface area contributed by atoms with Crippen molar-refractivity contribution < 1.29 is 19.0 Å². The fourth-order valence-electron chi connectivity index (χ4n) is 3.75. The Morgan fingerprint density at radius 2 is 1.96 bits per heavy atom. The molecule has 27 heavy (non-hydrogen) atoms. The van der Waals surface area contributed by atoms with Gasteiger partial charge in [-0.2, -0.15) is 5.26 Å². The molecule has 1 aliphatic heterocycles. The molecule has 1 N–H and O–H groups in total. The molecule has 144 valence electrons. The number of nitriles is 1. The van der Waals surface area contributed by atoms with E-state index in [1.807, 2.05) is 17.9 Å². The van der Waals surface area contributed by atoms with Crippen LogP contribution in [0.2, 0.25) is 0 Å². The average Bonchev–Trinajstić information content (AvgIpc) is 2.61. The highest BCUT2D eigenvalue weighted by atomic mass is 19.1. The maximum Gasteiger partial charge on any atom is 0.180 e. The summed E-state index contributed by atoms with van der Waals surface area (Å²) in [6, 6.07) is 5.01. The van der Waals surface area contributed by atoms with Crippen LogP contribution < -0.4 is 0 Å². The standard InChI is InChI=1S/C21H25FN2O3/c1-20(2,26)13-9-15-14(17(22)10-13)11-18(25)16(12-23)19(15)24-7-5-21(3,27-4)6-8-24/h9-10,26H,5-8,11H2,1-4H3. The van der Waals surface area contributed by atoms with E-state index in [9.17, 15) is 19.6 Å². The highest BCUT2D eigenvalue weighted by Gasteiger charge is 2.36. The number of Topliss-reactive ketones (excluding diaryl/α,β-unsaturated/α-hetero) is 1. The molecule has 0 bridgehead atoms. The number of hydrogen-bond donors (Lipinski definition) is 1. The van der Waals surface area contributed by atoms with E-state index in [1.165, 1.54) is 6.07 Å². The number of allylic oxidation sites excluding steroid dienone is 1. The first-order valence-electron chi connectivity index (χ1n) is 9.13. The Bertz CT molecular complexity index is 853. The zero-order chi connectivity index (χ0) is 20.0. The van der Waals surface area contributed by atoms with Gasteiger partial charge < -0.3 is 14.7 Å². The zero-order valence-electron chi connectivity index (χ0n) is 16.2. The van der Waals surface area contributed by atoms with Crippen LogP contribution in [0.4, 0.5) is 4.39 Å². The number of carbonyl (C=O) groups excluding carboxylic acids is 1. The Labute approximate surface area is 159 Å². The Balaban J connectivity index is 2.13. The lowest BCUT2D eigenvalue weighted by Gasteiger charge is -2.41. The number of hydrogen-bond acceptors (Lipinski definition) is 5. The molecule has 1 aromatic carbocycles. The minimum absolute atomic E-state index is 0.0656. The number of benzene rings is 1. The van der Waals surface area contributed by atoms with Crippen LogP contribution in [0.5, 0.6) is 0 Å². The molecule has 0 atom stereocenters. The summed E-state index contributed by atoms with van der Waals surface area (Å²) < 4.78 is 20.4. The lowest BCUT2D eigenvalue weighted by atomic mass is 9.83. The topological polar surface area (TPSA) is 73.6 Å². The van der Waals surface area contributed by atoms with Crippen LogP contribution in [0.15, 0.2) is 17.7 Å². The molecule has 0 saturated carbocycles. The monoisotopic (exact) mass is 372 g/mol. The van der Waals surface area contributed by atoms with Crippen LogP contribution in [0.1, 0.15) is 50.3 Å². The minimum Gasteiger partial charge on any atom is -0.386 e. The largest absolute Gasteiger partial charge is 0.386 e. The third-order valence-electron chi connectivity index (χ3n) is 5.75. The third kappa shape index (κ3) is 3.50. The first-order chi connectivity index (χ1) is 12.6. The molecule has 0 aromatic heterocycles. The van der Waals surface area contributed by atoms with Crippen LogP contribution in [0, 0.1) is 17.1 Å². The second kappa shape index (κ2) is 6.74. The van der Waals surface area contributed by atoms with Crippen LogP contribution >= 0.6 is 0 Å². The molecule has 1 fully saturated rings. The maximum absolute atomic E-state index is 14.8. The molecule has 0 amide bonds. The quantitative estimate of drug-likeness (QED) is 0.883. The van der Waals surface area contributed by atoms with Gasteiger partial charge in [0.25, 0.3) is 0 Å². The summed E-state index contributed by atoms with van der Waals surface area (Å²) >= 11 is 0. The first-order valence-corrected chi connectivity index (χ1v) is 9.13. The van der Waals surface area contributed by atoms with Crippen molar-refractivity contribution in [3.8, 4) is 6.07 Å². The fraction of sp³-hybridized carbons (Fsp3) is 0.524. The molecule has 1 aliphatic carbocycles. The molecule has 1 saturated heterocycles. The molecule has 1 aromatic rings. The van der Waals surface area contributed by atoms with Crippen LogP contribution in [0.3, 0.4) is 0 Å². The smallest absolute Gasteiger partial charge is 0.180 e. The normalized spacial score (nSPS) is 19.7. The highest BCUT2D eigenvalue weighted by molar-refractivity contribution is 6.10. The third-order valence-corrected chi connectivity index (χ3v) is 5.75. The van der Waals surface area contributed by atoms with Crippen molar-refractivity contribution >= 4 is 11.5 Å². The number of rotatable bonds is 3. The summed E-state index contributed by atoms with van der Waals surface area (Å²) in [6.45, 7) is 6.41. The Morgan fingerprint density at radius 1 is 1.33 bits per heavy atom. The van der Waals surface area contributed by atoms with Gasteiger partial charge in [0.2, 0.25) is 0 Å². The van der Waals surface area contributed by atoms with E-state index in [0.717, 1.165) is 12.8 Å². The van der Waals surface area contributed by atoms with Gasteiger partial charge in [-0.1, -0.05) is 0 Å². The van der Waals surface area contributed by atoms with Crippen LogP contribution in [0.25, 0.3) is 5.70 Å². The second-order valence-corrected chi connectivity index (χ2v) is 8.12. The number of fused-ring (bicyclic) bond motifs is 1. The summed E-state index contributed by atoms with van der Waals surface area (Å²) in [6.07, 6.45) is 1.34. The zero-order valence-corrected chi connectivity index (χ0v) is 16.2. The van der Waals surface area contributed by atoms with E-state index in [2.05, 4.69) is 0 Å². The molecular formula is C21H25FN2O3. The van der Waals surface area contributed by atoms with Crippen LogP contribution in [-0.2, 0) is 21.6 Å². The van der Waals surface area contributed by atoms with Crippen molar-refractivity contribution in [3.05, 3.63) is 40.2 Å². The van der Waals surface area contributed by atoms with Gasteiger partial charge in [0, 0.05) is 37.7 Å². The molecule has 5 nitrogen and oxygen atoms in total. The Morgan fingerprint density at radius 3 is 2.48 bits per heavy atom. The summed E-state index contributed by atoms with van der Waals surface area (Å²) in [5.74, 6) is -0.888. The Hall–Kier alpha value is -2.23. The van der Waals surface area contributed by atoms with E-state index in [1.54, 1.807) is 27.0 Å². The molecule has 6 heteroatoms. The molecule has 0 unspecified atom stereocenters. The van der Waals surface area contributed by atoms with Crippen molar-refractivity contribution in [2.75, 3.05) is 20.2 Å². The van der Waals surface area contributed by atoms with Crippen molar-refractivity contribution in [2.45, 2.75) is 51.2 Å². The van der Waals surface area contributed by atoms with Crippen molar-refractivity contribution in [3.63, 3.8) is 0 Å². The van der Waals surface area contributed by atoms with Gasteiger partial charge in [0.15, 0.2) is 5.78 Å². The number of likely N-dealkylation sites (tertiary alicyclic amines) is 1. The maximum atomic E-state index is 14.8. The number of carbonyl (C=O) groups is 1. The summed E-state index contributed by atoms with van der Waals surface area (Å²) in [5.41, 5.74) is 0.313. The van der Waals surface area contributed by atoms with E-state index >= 15 is 0 Å². The number of aliphatic hydroxyl groups is 1. The number of ketones is 1. The minimum atomic E-state index is -1.23. The summed E-state index contributed by atoms with van der Waals surface area (Å²) in [4.78, 5) is 14.5. The predicted molar refractivity (Wildman–Crippen MR) is 99.1 cm³/mol. The lowest BCUT2D eigenvalue weighted by molar-refractivity contribution is -0.114.